The lowest BCUT2D eigenvalue weighted by Gasteiger charge is -2.23. The molecule has 5 N–H and O–H groups in total. The highest BCUT2D eigenvalue weighted by Gasteiger charge is 2.23. The molecule has 0 saturated carbocycles. The summed E-state index contributed by atoms with van der Waals surface area (Å²) >= 11 is 0. The van der Waals surface area contributed by atoms with E-state index in [0.717, 1.165) is 0 Å². The summed E-state index contributed by atoms with van der Waals surface area (Å²) in [6.07, 6.45) is 1.50. The zero-order chi connectivity index (χ0) is 27.5. The molecule has 3 aromatic carbocycles. The first-order valence-electron chi connectivity index (χ1n) is 12.0. The lowest BCUT2D eigenvalue weighted by Crippen LogP contribution is -2.21. The van der Waals surface area contributed by atoms with Gasteiger partial charge in [-0.2, -0.15) is 0 Å². The topological polar surface area (TPSA) is 140 Å². The highest BCUT2D eigenvalue weighted by molar-refractivity contribution is 6.01. The van der Waals surface area contributed by atoms with Crippen molar-refractivity contribution in [3.05, 3.63) is 96.1 Å². The molecule has 0 heterocycles. The van der Waals surface area contributed by atoms with E-state index in [0.29, 0.717) is 33.9 Å². The van der Waals surface area contributed by atoms with Crippen LogP contribution in [0.3, 0.4) is 0 Å². The molecular weight excluding hydrogens is 486 g/mol. The van der Waals surface area contributed by atoms with E-state index in [2.05, 4.69) is 10.6 Å². The summed E-state index contributed by atoms with van der Waals surface area (Å²) in [4.78, 5) is 36.8. The number of anilines is 3. The number of hydrogen-bond donors (Lipinski definition) is 4. The number of ether oxygens (including phenoxy) is 2. The first kappa shape index (κ1) is 27.9. The monoisotopic (exact) mass is 517 g/mol. The number of aliphatic hydroxyl groups is 1. The average Bonchev–Trinajstić information content (AvgIpc) is 2.91. The fourth-order valence-corrected chi connectivity index (χ4v) is 3.60. The number of amides is 2. The van der Waals surface area contributed by atoms with Crippen LogP contribution in [0.5, 0.6) is 5.75 Å². The summed E-state index contributed by atoms with van der Waals surface area (Å²) in [5, 5.41) is 14.5. The van der Waals surface area contributed by atoms with Crippen molar-refractivity contribution in [2.45, 2.75) is 20.0 Å². The molecule has 0 aliphatic carbocycles. The molecule has 0 aliphatic heterocycles. The van der Waals surface area contributed by atoms with Crippen LogP contribution in [0.25, 0.3) is 0 Å². The van der Waals surface area contributed by atoms with Crippen LogP contribution in [0.15, 0.2) is 84.9 Å². The fourth-order valence-electron chi connectivity index (χ4n) is 3.60. The minimum absolute atomic E-state index is 0.0814. The maximum Gasteiger partial charge on any atom is 0.412 e. The number of nitrogen functional groups attached to an aromatic ring is 1. The van der Waals surface area contributed by atoms with Crippen LogP contribution in [-0.4, -0.2) is 36.1 Å². The third-order valence-electron chi connectivity index (χ3n) is 5.57. The van der Waals surface area contributed by atoms with Crippen molar-refractivity contribution in [2.75, 3.05) is 29.6 Å². The van der Waals surface area contributed by atoms with Gasteiger partial charge in [0.2, 0.25) is 5.91 Å². The molecule has 2 amide bonds. The molecule has 9 heteroatoms. The normalized spacial score (nSPS) is 12.4. The lowest BCUT2D eigenvalue weighted by atomic mass is 9.96. The van der Waals surface area contributed by atoms with Gasteiger partial charge in [0.1, 0.15) is 18.5 Å². The van der Waals surface area contributed by atoms with Crippen molar-refractivity contribution in [1.29, 1.82) is 0 Å². The Labute approximate surface area is 221 Å². The number of benzene rings is 3. The van der Waals surface area contributed by atoms with Crippen molar-refractivity contribution in [2.24, 2.45) is 5.92 Å². The second kappa shape index (κ2) is 13.6. The van der Waals surface area contributed by atoms with Crippen LogP contribution in [0.1, 0.15) is 35.9 Å². The molecule has 0 fully saturated rings. The highest BCUT2D eigenvalue weighted by atomic mass is 16.6. The van der Waals surface area contributed by atoms with Crippen molar-refractivity contribution < 1.29 is 29.0 Å². The predicted molar refractivity (Wildman–Crippen MR) is 146 cm³/mol. The summed E-state index contributed by atoms with van der Waals surface area (Å²) in [5.74, 6) is -0.391. The zero-order valence-electron chi connectivity index (χ0n) is 21.2. The highest BCUT2D eigenvalue weighted by Crippen LogP contribution is 2.30. The second-order valence-corrected chi connectivity index (χ2v) is 8.52. The van der Waals surface area contributed by atoms with E-state index < -0.39 is 18.1 Å². The standard InChI is InChI=1S/C29H31N3O6/c1-19(10-15-27(35)32-26-9-4-3-8-25(26)30)28(22-6-5-7-24(18-22)37-17-16-33)38-29(36)31-23-13-11-21(12-14-23)20(2)34/h3-15,18-19,28,33H,16-17,30H2,1-2H3,(H,31,36)(H,32,35)/b15-10+/t19-,28-/m0/s1. The summed E-state index contributed by atoms with van der Waals surface area (Å²) in [6, 6.07) is 20.3. The smallest absolute Gasteiger partial charge is 0.412 e. The van der Waals surface area contributed by atoms with Gasteiger partial charge in [-0.1, -0.05) is 37.3 Å². The van der Waals surface area contributed by atoms with Gasteiger partial charge in [-0.05, 0) is 67.1 Å². The number of carbonyl (C=O) groups is 3. The van der Waals surface area contributed by atoms with E-state index in [1.807, 2.05) is 6.92 Å². The molecule has 38 heavy (non-hydrogen) atoms. The zero-order valence-corrected chi connectivity index (χ0v) is 21.2. The van der Waals surface area contributed by atoms with Crippen LogP contribution < -0.4 is 21.1 Å². The number of Topliss-reactive ketones (excluding diaryl/α,β-unsaturated/α-hetero) is 1. The van der Waals surface area contributed by atoms with Crippen LogP contribution in [0.4, 0.5) is 21.9 Å². The molecule has 0 radical (unpaired) electrons. The van der Waals surface area contributed by atoms with Crippen LogP contribution in [0, 0.1) is 5.92 Å². The maximum absolute atomic E-state index is 12.8. The quantitative estimate of drug-likeness (QED) is 0.160. The Morgan fingerprint density at radius 3 is 2.42 bits per heavy atom. The molecule has 9 nitrogen and oxygen atoms in total. The van der Waals surface area contributed by atoms with Crippen LogP contribution >= 0.6 is 0 Å². The SMILES string of the molecule is CC(=O)c1ccc(NC(=O)O[C@H](c2cccc(OCCO)c2)[C@@H](C)/C=C/C(=O)Nc2ccccc2N)cc1. The first-order chi connectivity index (χ1) is 18.3. The molecule has 198 valence electrons. The third-order valence-corrected chi connectivity index (χ3v) is 5.57. The van der Waals surface area contributed by atoms with Crippen molar-refractivity contribution >= 4 is 34.8 Å². The maximum atomic E-state index is 12.8. The Hall–Kier alpha value is -4.63. The third kappa shape index (κ3) is 8.21. The first-order valence-corrected chi connectivity index (χ1v) is 12.0. The minimum atomic E-state index is -0.782. The number of carbonyl (C=O) groups excluding carboxylic acids is 3. The molecular formula is C29H31N3O6. The minimum Gasteiger partial charge on any atom is -0.491 e. The molecule has 0 spiro atoms. The molecule has 0 bridgehead atoms. The van der Waals surface area contributed by atoms with Crippen LogP contribution in [0.2, 0.25) is 0 Å². The summed E-state index contributed by atoms with van der Waals surface area (Å²) in [6.45, 7) is 3.24. The largest absolute Gasteiger partial charge is 0.491 e. The Bertz CT molecular complexity index is 1290. The van der Waals surface area contributed by atoms with Crippen molar-refractivity contribution in [1.82, 2.24) is 0 Å². The average molecular weight is 518 g/mol. The van der Waals surface area contributed by atoms with Gasteiger partial charge in [-0.15, -0.1) is 0 Å². The molecule has 0 saturated heterocycles. The number of ketones is 1. The Kier molecular flexibility index (Phi) is 10.0. The van der Waals surface area contributed by atoms with Gasteiger partial charge in [0.15, 0.2) is 5.78 Å². The summed E-state index contributed by atoms with van der Waals surface area (Å²) in [7, 11) is 0. The molecule has 0 aromatic heterocycles. The van der Waals surface area contributed by atoms with Crippen molar-refractivity contribution in [3.8, 4) is 5.75 Å². The molecule has 3 aromatic rings. The molecule has 0 aliphatic rings. The van der Waals surface area contributed by atoms with E-state index in [9.17, 15) is 14.4 Å². The van der Waals surface area contributed by atoms with Gasteiger partial charge in [0.25, 0.3) is 0 Å². The van der Waals surface area contributed by atoms with Gasteiger partial charge in [0, 0.05) is 17.2 Å². The Balaban J connectivity index is 1.77. The summed E-state index contributed by atoms with van der Waals surface area (Å²) < 4.78 is 11.3. The van der Waals surface area contributed by atoms with E-state index in [4.69, 9.17) is 20.3 Å². The van der Waals surface area contributed by atoms with Gasteiger partial charge in [-0.3, -0.25) is 14.9 Å². The van der Waals surface area contributed by atoms with Gasteiger partial charge >= 0.3 is 6.09 Å². The van der Waals surface area contributed by atoms with E-state index >= 15 is 0 Å². The Morgan fingerprint density at radius 2 is 1.74 bits per heavy atom. The van der Waals surface area contributed by atoms with E-state index in [1.165, 1.54) is 13.0 Å². The predicted octanol–water partition coefficient (Wildman–Crippen LogP) is 4.96. The number of rotatable bonds is 11. The van der Waals surface area contributed by atoms with Gasteiger partial charge in [0.05, 0.1) is 18.0 Å². The van der Waals surface area contributed by atoms with E-state index in [-0.39, 0.29) is 24.9 Å². The van der Waals surface area contributed by atoms with Gasteiger partial charge < -0.3 is 25.6 Å². The lowest BCUT2D eigenvalue weighted by molar-refractivity contribution is -0.111. The van der Waals surface area contributed by atoms with E-state index in [1.54, 1.807) is 78.9 Å². The Morgan fingerprint density at radius 1 is 1.00 bits per heavy atom. The molecule has 3 rings (SSSR count). The summed E-state index contributed by atoms with van der Waals surface area (Å²) in [5.41, 5.74) is 8.44. The van der Waals surface area contributed by atoms with Crippen LogP contribution in [-0.2, 0) is 9.53 Å². The number of hydrogen-bond acceptors (Lipinski definition) is 7. The molecule has 0 unspecified atom stereocenters. The second-order valence-electron chi connectivity index (χ2n) is 8.52. The number of para-hydroxylation sites is 2. The van der Waals surface area contributed by atoms with Crippen molar-refractivity contribution in [3.63, 3.8) is 0 Å². The number of nitrogens with one attached hydrogen (secondary N) is 2. The molecule has 2 atom stereocenters. The fraction of sp³-hybridized carbons (Fsp3) is 0.207. The number of nitrogens with two attached hydrogens (primary N) is 1. The van der Waals surface area contributed by atoms with Gasteiger partial charge in [-0.25, -0.2) is 4.79 Å². The number of aliphatic hydroxyl groups excluding tert-OH is 1.